The number of pyridine rings is 1. The van der Waals surface area contributed by atoms with E-state index in [0.29, 0.717) is 12.1 Å². The van der Waals surface area contributed by atoms with Crippen LogP contribution in [0.3, 0.4) is 0 Å². The van der Waals surface area contributed by atoms with E-state index in [1.165, 1.54) is 24.1 Å². The van der Waals surface area contributed by atoms with Gasteiger partial charge in [-0.15, -0.1) is 0 Å². The fourth-order valence-corrected chi connectivity index (χ4v) is 1.91. The molecule has 0 unspecified atom stereocenters. The maximum atomic E-state index is 4.77. The SMILES string of the molecule is CC(C)NCc1cc(NC2CC2)nc(C(C)(C)C)c1. The van der Waals surface area contributed by atoms with E-state index in [-0.39, 0.29) is 5.41 Å². The van der Waals surface area contributed by atoms with Crippen LogP contribution in [0.2, 0.25) is 0 Å². The highest BCUT2D eigenvalue weighted by atomic mass is 15.0. The topological polar surface area (TPSA) is 37.0 Å². The van der Waals surface area contributed by atoms with Gasteiger partial charge in [-0.1, -0.05) is 34.6 Å². The number of nitrogens with one attached hydrogen (secondary N) is 2. The summed E-state index contributed by atoms with van der Waals surface area (Å²) in [6, 6.07) is 5.57. The largest absolute Gasteiger partial charge is 0.367 e. The van der Waals surface area contributed by atoms with Crippen LogP contribution in [0, 0.1) is 0 Å². The number of aromatic nitrogens is 1. The Morgan fingerprint density at radius 1 is 1.26 bits per heavy atom. The Hall–Kier alpha value is -1.09. The van der Waals surface area contributed by atoms with Gasteiger partial charge in [0.25, 0.3) is 0 Å². The van der Waals surface area contributed by atoms with Gasteiger partial charge in [0, 0.05) is 29.7 Å². The lowest BCUT2D eigenvalue weighted by atomic mass is 9.90. The molecule has 3 heteroatoms. The molecule has 0 spiro atoms. The highest BCUT2D eigenvalue weighted by Gasteiger charge is 2.23. The highest BCUT2D eigenvalue weighted by Crippen LogP contribution is 2.27. The first-order chi connectivity index (χ1) is 8.84. The summed E-state index contributed by atoms with van der Waals surface area (Å²) in [7, 11) is 0. The van der Waals surface area contributed by atoms with Crippen molar-refractivity contribution in [1.29, 1.82) is 0 Å². The normalized spacial score (nSPS) is 15.9. The van der Waals surface area contributed by atoms with Gasteiger partial charge in [0.1, 0.15) is 5.82 Å². The van der Waals surface area contributed by atoms with Crippen molar-refractivity contribution < 1.29 is 0 Å². The molecule has 0 saturated heterocycles. The van der Waals surface area contributed by atoms with Gasteiger partial charge in [0.15, 0.2) is 0 Å². The van der Waals surface area contributed by atoms with Crippen LogP contribution in [-0.2, 0) is 12.0 Å². The van der Waals surface area contributed by atoms with E-state index in [1.54, 1.807) is 0 Å². The smallest absolute Gasteiger partial charge is 0.126 e. The molecule has 0 aromatic carbocycles. The van der Waals surface area contributed by atoms with Crippen molar-refractivity contribution in [2.45, 2.75) is 71.5 Å². The van der Waals surface area contributed by atoms with Crippen molar-refractivity contribution in [1.82, 2.24) is 10.3 Å². The van der Waals surface area contributed by atoms with E-state index in [0.717, 1.165) is 12.4 Å². The number of hydrogen-bond acceptors (Lipinski definition) is 3. The van der Waals surface area contributed by atoms with Crippen LogP contribution in [0.5, 0.6) is 0 Å². The highest BCUT2D eigenvalue weighted by molar-refractivity contribution is 5.43. The third-order valence-electron chi connectivity index (χ3n) is 3.30. The molecule has 3 nitrogen and oxygen atoms in total. The van der Waals surface area contributed by atoms with Gasteiger partial charge in [-0.2, -0.15) is 0 Å². The number of anilines is 1. The first-order valence-electron chi connectivity index (χ1n) is 7.36. The van der Waals surface area contributed by atoms with Crippen LogP contribution >= 0.6 is 0 Å². The Labute approximate surface area is 117 Å². The van der Waals surface area contributed by atoms with Crippen molar-refractivity contribution in [2.75, 3.05) is 5.32 Å². The molecule has 0 bridgehead atoms. The van der Waals surface area contributed by atoms with E-state index in [1.807, 2.05) is 0 Å². The van der Waals surface area contributed by atoms with Gasteiger partial charge in [0.2, 0.25) is 0 Å². The van der Waals surface area contributed by atoms with Gasteiger partial charge in [-0.3, -0.25) is 0 Å². The second-order valence-electron chi connectivity index (χ2n) is 6.95. The predicted octanol–water partition coefficient (Wildman–Crippen LogP) is 3.45. The monoisotopic (exact) mass is 261 g/mol. The van der Waals surface area contributed by atoms with Crippen LogP contribution in [0.15, 0.2) is 12.1 Å². The molecule has 1 fully saturated rings. The lowest BCUT2D eigenvalue weighted by Crippen LogP contribution is -2.23. The van der Waals surface area contributed by atoms with Crippen LogP contribution < -0.4 is 10.6 Å². The molecule has 19 heavy (non-hydrogen) atoms. The summed E-state index contributed by atoms with van der Waals surface area (Å²) >= 11 is 0. The maximum absolute atomic E-state index is 4.77. The molecular weight excluding hydrogens is 234 g/mol. The summed E-state index contributed by atoms with van der Waals surface area (Å²) in [6.07, 6.45) is 2.56. The fourth-order valence-electron chi connectivity index (χ4n) is 1.91. The molecule has 0 radical (unpaired) electrons. The molecule has 0 atom stereocenters. The number of nitrogens with zero attached hydrogens (tertiary/aromatic N) is 1. The Bertz CT molecular complexity index is 428. The summed E-state index contributed by atoms with van der Waals surface area (Å²) in [5.74, 6) is 1.04. The molecule has 2 N–H and O–H groups in total. The quantitative estimate of drug-likeness (QED) is 0.852. The minimum Gasteiger partial charge on any atom is -0.367 e. The molecule has 1 aliphatic carbocycles. The zero-order chi connectivity index (χ0) is 14.0. The lowest BCUT2D eigenvalue weighted by molar-refractivity contribution is 0.561. The second kappa shape index (κ2) is 5.49. The van der Waals surface area contributed by atoms with Crippen LogP contribution in [0.1, 0.15) is 58.7 Å². The minimum atomic E-state index is 0.0911. The standard InChI is InChI=1S/C16H27N3/c1-11(2)17-10-12-8-14(16(3,4)5)19-15(9-12)18-13-6-7-13/h8-9,11,13,17H,6-7,10H2,1-5H3,(H,18,19). The molecule has 1 saturated carbocycles. The van der Waals surface area contributed by atoms with Crippen LogP contribution in [0.25, 0.3) is 0 Å². The molecule has 2 rings (SSSR count). The van der Waals surface area contributed by atoms with Crippen LogP contribution in [0.4, 0.5) is 5.82 Å². The third-order valence-corrected chi connectivity index (χ3v) is 3.30. The summed E-state index contributed by atoms with van der Waals surface area (Å²) in [5, 5.41) is 7.00. The third kappa shape index (κ3) is 4.50. The first-order valence-corrected chi connectivity index (χ1v) is 7.36. The number of hydrogen-bond donors (Lipinski definition) is 2. The fraction of sp³-hybridized carbons (Fsp3) is 0.688. The zero-order valence-corrected chi connectivity index (χ0v) is 12.9. The molecule has 1 aliphatic rings. The van der Waals surface area contributed by atoms with Gasteiger partial charge in [-0.25, -0.2) is 4.98 Å². The van der Waals surface area contributed by atoms with Crippen molar-refractivity contribution >= 4 is 5.82 Å². The second-order valence-corrected chi connectivity index (χ2v) is 6.95. The van der Waals surface area contributed by atoms with E-state index in [4.69, 9.17) is 4.98 Å². The van der Waals surface area contributed by atoms with Gasteiger partial charge in [-0.05, 0) is 30.5 Å². The number of rotatable bonds is 5. The van der Waals surface area contributed by atoms with Crippen molar-refractivity contribution in [3.63, 3.8) is 0 Å². The summed E-state index contributed by atoms with van der Waals surface area (Å²) in [6.45, 7) is 11.9. The minimum absolute atomic E-state index is 0.0911. The molecule has 106 valence electrons. The van der Waals surface area contributed by atoms with Gasteiger partial charge in [0.05, 0.1) is 0 Å². The Balaban J connectivity index is 2.20. The molecule has 0 amide bonds. The molecular formula is C16H27N3. The Kier molecular flexibility index (Phi) is 4.14. The maximum Gasteiger partial charge on any atom is 0.126 e. The average Bonchev–Trinajstić information content (AvgIpc) is 3.09. The van der Waals surface area contributed by atoms with Crippen molar-refractivity contribution in [3.05, 3.63) is 23.4 Å². The van der Waals surface area contributed by atoms with E-state index < -0.39 is 0 Å². The van der Waals surface area contributed by atoms with E-state index in [2.05, 4.69) is 57.4 Å². The summed E-state index contributed by atoms with van der Waals surface area (Å²) < 4.78 is 0. The molecule has 1 heterocycles. The zero-order valence-electron chi connectivity index (χ0n) is 12.9. The van der Waals surface area contributed by atoms with Crippen molar-refractivity contribution in [2.24, 2.45) is 0 Å². The van der Waals surface area contributed by atoms with Gasteiger partial charge < -0.3 is 10.6 Å². The van der Waals surface area contributed by atoms with Crippen molar-refractivity contribution in [3.8, 4) is 0 Å². The van der Waals surface area contributed by atoms with E-state index in [9.17, 15) is 0 Å². The summed E-state index contributed by atoms with van der Waals surface area (Å²) in [5.41, 5.74) is 2.57. The lowest BCUT2D eigenvalue weighted by Gasteiger charge is -2.21. The van der Waals surface area contributed by atoms with E-state index >= 15 is 0 Å². The van der Waals surface area contributed by atoms with Crippen LogP contribution in [-0.4, -0.2) is 17.1 Å². The Morgan fingerprint density at radius 2 is 1.95 bits per heavy atom. The Morgan fingerprint density at radius 3 is 2.47 bits per heavy atom. The molecule has 0 aliphatic heterocycles. The first kappa shape index (κ1) is 14.3. The van der Waals surface area contributed by atoms with Gasteiger partial charge >= 0.3 is 0 Å². The average molecular weight is 261 g/mol. The molecule has 1 aromatic heterocycles. The molecule has 1 aromatic rings. The predicted molar refractivity (Wildman–Crippen MR) is 81.6 cm³/mol. The summed E-state index contributed by atoms with van der Waals surface area (Å²) in [4.78, 5) is 4.77.